The number of hydrogen-bond donors (Lipinski definition) is 0. The van der Waals surface area contributed by atoms with Crippen LogP contribution in [0.15, 0.2) is 33.5 Å². The first kappa shape index (κ1) is 25.5. The van der Waals surface area contributed by atoms with Crippen LogP contribution in [-0.4, -0.2) is 66.7 Å². The van der Waals surface area contributed by atoms with E-state index in [1.165, 1.54) is 48.4 Å². The van der Waals surface area contributed by atoms with Gasteiger partial charge in [-0.1, -0.05) is 0 Å². The predicted molar refractivity (Wildman–Crippen MR) is 136 cm³/mol. The number of ether oxygens (including phenoxy) is 6. The summed E-state index contributed by atoms with van der Waals surface area (Å²) in [6.07, 6.45) is 3.24. The Kier molecular flexibility index (Phi) is 8.10. The van der Waals surface area contributed by atoms with Crippen molar-refractivity contribution in [1.29, 1.82) is 0 Å². The van der Waals surface area contributed by atoms with E-state index >= 15 is 0 Å². The van der Waals surface area contributed by atoms with E-state index in [0.29, 0.717) is 46.5 Å². The minimum Gasteiger partial charge on any atom is -0.496 e. The van der Waals surface area contributed by atoms with Crippen LogP contribution >= 0.6 is 0 Å². The second-order valence-electron chi connectivity index (χ2n) is 8.46. The van der Waals surface area contributed by atoms with E-state index in [-0.39, 0.29) is 22.3 Å². The SMILES string of the molecule is COc1cc(OC)c2c(=O)c(OCCCN3CCCC3)c(-c3cc(OC)c(OC)c(OC)c3)oc2c1. The number of fused-ring (bicyclic) bond motifs is 1. The maximum atomic E-state index is 13.8. The summed E-state index contributed by atoms with van der Waals surface area (Å²) in [7, 11) is 7.63. The molecule has 1 aliphatic rings. The Labute approximate surface area is 210 Å². The molecular formula is C27H33NO8. The minimum atomic E-state index is -0.333. The van der Waals surface area contributed by atoms with Crippen molar-refractivity contribution >= 4 is 11.0 Å². The van der Waals surface area contributed by atoms with Crippen molar-refractivity contribution < 1.29 is 32.8 Å². The quantitative estimate of drug-likeness (QED) is 0.357. The lowest BCUT2D eigenvalue weighted by molar-refractivity contribution is 0.259. The van der Waals surface area contributed by atoms with Crippen molar-refractivity contribution in [2.75, 3.05) is 61.8 Å². The van der Waals surface area contributed by atoms with Crippen LogP contribution in [-0.2, 0) is 0 Å². The van der Waals surface area contributed by atoms with Crippen molar-refractivity contribution in [3.8, 4) is 45.8 Å². The number of methoxy groups -OCH3 is 5. The van der Waals surface area contributed by atoms with E-state index in [4.69, 9.17) is 32.8 Å². The van der Waals surface area contributed by atoms with Crippen molar-refractivity contribution in [3.63, 3.8) is 0 Å². The molecule has 9 nitrogen and oxygen atoms in total. The molecule has 0 radical (unpaired) electrons. The van der Waals surface area contributed by atoms with Crippen molar-refractivity contribution in [2.45, 2.75) is 19.3 Å². The number of rotatable bonds is 11. The van der Waals surface area contributed by atoms with E-state index in [9.17, 15) is 4.79 Å². The van der Waals surface area contributed by atoms with Gasteiger partial charge in [0.2, 0.25) is 16.9 Å². The van der Waals surface area contributed by atoms with Gasteiger partial charge in [-0.15, -0.1) is 0 Å². The van der Waals surface area contributed by atoms with Crippen LogP contribution in [0.1, 0.15) is 19.3 Å². The summed E-state index contributed by atoms with van der Waals surface area (Å²) >= 11 is 0. The van der Waals surface area contributed by atoms with Crippen molar-refractivity contribution in [2.24, 2.45) is 0 Å². The molecule has 0 bridgehead atoms. The van der Waals surface area contributed by atoms with Crippen molar-refractivity contribution in [1.82, 2.24) is 4.90 Å². The molecule has 0 saturated carbocycles. The van der Waals surface area contributed by atoms with Crippen LogP contribution in [0.4, 0.5) is 0 Å². The first-order valence-electron chi connectivity index (χ1n) is 11.9. The van der Waals surface area contributed by atoms with E-state index < -0.39 is 0 Å². The van der Waals surface area contributed by atoms with Crippen LogP contribution in [0, 0.1) is 0 Å². The smallest absolute Gasteiger partial charge is 0.239 e. The van der Waals surface area contributed by atoms with Gasteiger partial charge in [-0.05, 0) is 44.5 Å². The second kappa shape index (κ2) is 11.4. The average Bonchev–Trinajstić information content (AvgIpc) is 3.43. The summed E-state index contributed by atoms with van der Waals surface area (Å²) in [5, 5.41) is 0.282. The Morgan fingerprint density at radius 3 is 2.06 bits per heavy atom. The molecular weight excluding hydrogens is 466 g/mol. The molecule has 0 atom stereocenters. The maximum absolute atomic E-state index is 13.8. The van der Waals surface area contributed by atoms with Gasteiger partial charge in [0.05, 0.1) is 42.2 Å². The van der Waals surface area contributed by atoms with Crippen LogP contribution in [0.2, 0.25) is 0 Å². The first-order valence-corrected chi connectivity index (χ1v) is 11.9. The van der Waals surface area contributed by atoms with Gasteiger partial charge in [0, 0.05) is 24.2 Å². The normalized spacial score (nSPS) is 13.6. The lowest BCUT2D eigenvalue weighted by Crippen LogP contribution is -2.22. The summed E-state index contributed by atoms with van der Waals surface area (Å²) in [6, 6.07) is 6.74. The lowest BCUT2D eigenvalue weighted by atomic mass is 10.1. The first-order chi connectivity index (χ1) is 17.5. The molecule has 0 aliphatic carbocycles. The van der Waals surface area contributed by atoms with E-state index in [0.717, 1.165) is 26.1 Å². The molecule has 4 rings (SSSR count). The van der Waals surface area contributed by atoms with Crippen LogP contribution in [0.3, 0.4) is 0 Å². The molecule has 9 heteroatoms. The van der Waals surface area contributed by atoms with Gasteiger partial charge in [0.1, 0.15) is 22.5 Å². The molecule has 1 aromatic heterocycles. The molecule has 2 heterocycles. The summed E-state index contributed by atoms with van der Waals surface area (Å²) < 4.78 is 39.8. The standard InChI is InChI=1S/C27H33NO8/c1-30-18-15-19(31-2)23-20(16-18)36-25(17-13-21(32-3)26(34-5)22(14-17)33-4)27(24(23)29)35-12-8-11-28-9-6-7-10-28/h13-16H,6-12H2,1-5H3. The number of likely N-dealkylation sites (tertiary alicyclic amines) is 1. The topological polar surface area (TPSA) is 88.8 Å². The van der Waals surface area contributed by atoms with Gasteiger partial charge in [-0.2, -0.15) is 0 Å². The lowest BCUT2D eigenvalue weighted by Gasteiger charge is -2.17. The Morgan fingerprint density at radius 2 is 1.47 bits per heavy atom. The monoisotopic (exact) mass is 499 g/mol. The summed E-state index contributed by atoms with van der Waals surface area (Å²) in [4.78, 5) is 16.2. The van der Waals surface area contributed by atoms with E-state index in [1.54, 1.807) is 24.3 Å². The molecule has 36 heavy (non-hydrogen) atoms. The average molecular weight is 500 g/mol. The van der Waals surface area contributed by atoms with Gasteiger partial charge in [0.15, 0.2) is 17.3 Å². The number of nitrogens with zero attached hydrogens (tertiary/aromatic N) is 1. The Bertz CT molecular complexity index is 1240. The van der Waals surface area contributed by atoms with Gasteiger partial charge < -0.3 is 37.7 Å². The highest BCUT2D eigenvalue weighted by Gasteiger charge is 2.24. The predicted octanol–water partition coefficient (Wildman–Crippen LogP) is 4.37. The largest absolute Gasteiger partial charge is 0.496 e. The van der Waals surface area contributed by atoms with Crippen LogP contribution < -0.4 is 33.8 Å². The molecule has 1 fully saturated rings. The summed E-state index contributed by atoms with van der Waals surface area (Å²) in [5.41, 5.74) is 0.518. The molecule has 1 saturated heterocycles. The molecule has 0 N–H and O–H groups in total. The number of benzene rings is 2. The molecule has 194 valence electrons. The van der Waals surface area contributed by atoms with Gasteiger partial charge >= 0.3 is 0 Å². The molecule has 0 unspecified atom stereocenters. The maximum Gasteiger partial charge on any atom is 0.239 e. The molecule has 0 spiro atoms. The Hall–Kier alpha value is -3.59. The highest BCUT2D eigenvalue weighted by Crippen LogP contribution is 2.44. The van der Waals surface area contributed by atoms with Gasteiger partial charge in [0.25, 0.3) is 0 Å². The Morgan fingerprint density at radius 1 is 0.806 bits per heavy atom. The zero-order valence-corrected chi connectivity index (χ0v) is 21.5. The highest BCUT2D eigenvalue weighted by atomic mass is 16.5. The Balaban J connectivity index is 1.84. The van der Waals surface area contributed by atoms with Gasteiger partial charge in [-0.25, -0.2) is 0 Å². The van der Waals surface area contributed by atoms with E-state index in [1.807, 2.05) is 0 Å². The highest BCUT2D eigenvalue weighted by molar-refractivity contribution is 5.89. The second-order valence-corrected chi connectivity index (χ2v) is 8.46. The molecule has 3 aromatic rings. The molecule has 1 aliphatic heterocycles. The third kappa shape index (κ3) is 5.02. The van der Waals surface area contributed by atoms with Crippen LogP contribution in [0.5, 0.6) is 34.5 Å². The van der Waals surface area contributed by atoms with Crippen molar-refractivity contribution in [3.05, 3.63) is 34.5 Å². The fourth-order valence-corrected chi connectivity index (χ4v) is 4.52. The molecule has 2 aromatic carbocycles. The third-order valence-electron chi connectivity index (χ3n) is 6.34. The summed E-state index contributed by atoms with van der Waals surface area (Å²) in [6.45, 7) is 3.49. The molecule has 0 amide bonds. The summed E-state index contributed by atoms with van der Waals surface area (Å²) in [5.74, 6) is 2.48. The number of hydrogen-bond acceptors (Lipinski definition) is 9. The minimum absolute atomic E-state index is 0.0988. The van der Waals surface area contributed by atoms with Crippen LogP contribution in [0.25, 0.3) is 22.3 Å². The zero-order chi connectivity index (χ0) is 25.7. The van der Waals surface area contributed by atoms with Gasteiger partial charge in [-0.3, -0.25) is 4.79 Å². The fourth-order valence-electron chi connectivity index (χ4n) is 4.52. The third-order valence-corrected chi connectivity index (χ3v) is 6.34. The fraction of sp³-hybridized carbons (Fsp3) is 0.444. The van der Waals surface area contributed by atoms with E-state index in [2.05, 4.69) is 4.90 Å². The zero-order valence-electron chi connectivity index (χ0n) is 21.5.